The standard InChI is InChI=1S/C21H25ClN6O3/c22-13-2-1-3-15(7-13)27-5-4-14(8-27)26-20-17-21(24-10-23-20)28(11-25-17)16-6-12(9-29)18(30)19(16)31/h1-3,7,10-12,14,16,18-19,29-31H,4-6,8-9H2,(H,23,24,26)/t12?,14-,16?,18?,19?/m0/s1. The zero-order chi connectivity index (χ0) is 21.5. The van der Waals surface area contributed by atoms with Crippen LogP contribution in [0, 0.1) is 5.92 Å². The Balaban J connectivity index is 1.35. The number of halogens is 1. The SMILES string of the molecule is OCC1CC(n2cnc3c(N[C@H]4CCN(c5cccc(Cl)c5)C4)ncnc32)C(O)C1O. The molecule has 9 nitrogen and oxygen atoms in total. The highest BCUT2D eigenvalue weighted by Crippen LogP contribution is 2.37. The summed E-state index contributed by atoms with van der Waals surface area (Å²) in [5, 5.41) is 34.3. The highest BCUT2D eigenvalue weighted by Gasteiger charge is 2.42. The average molecular weight is 445 g/mol. The molecular formula is C21H25ClN6O3. The van der Waals surface area contributed by atoms with E-state index in [-0.39, 0.29) is 18.6 Å². The van der Waals surface area contributed by atoms with E-state index in [2.05, 4.69) is 31.2 Å². The van der Waals surface area contributed by atoms with Crippen molar-refractivity contribution in [2.45, 2.75) is 37.1 Å². The zero-order valence-electron chi connectivity index (χ0n) is 16.8. The number of aromatic nitrogens is 4. The van der Waals surface area contributed by atoms with E-state index < -0.39 is 18.2 Å². The van der Waals surface area contributed by atoms with E-state index in [9.17, 15) is 15.3 Å². The van der Waals surface area contributed by atoms with Crippen molar-refractivity contribution in [2.24, 2.45) is 5.92 Å². The molecule has 4 N–H and O–H groups in total. The number of aliphatic hydroxyl groups is 3. The van der Waals surface area contributed by atoms with Gasteiger partial charge < -0.3 is 30.1 Å². The number of nitrogens with zero attached hydrogens (tertiary/aromatic N) is 5. The lowest BCUT2D eigenvalue weighted by molar-refractivity contribution is -0.00370. The van der Waals surface area contributed by atoms with Crippen LogP contribution >= 0.6 is 11.6 Å². The van der Waals surface area contributed by atoms with Gasteiger partial charge >= 0.3 is 0 Å². The molecule has 5 atom stereocenters. The number of aliphatic hydroxyl groups excluding tert-OH is 3. The van der Waals surface area contributed by atoms with Gasteiger partial charge in [-0.05, 0) is 31.0 Å². The molecule has 1 aliphatic heterocycles. The maximum absolute atomic E-state index is 10.5. The molecule has 1 aliphatic carbocycles. The molecule has 2 fully saturated rings. The van der Waals surface area contributed by atoms with Crippen molar-refractivity contribution in [3.05, 3.63) is 41.9 Å². The van der Waals surface area contributed by atoms with Gasteiger partial charge in [-0.3, -0.25) is 0 Å². The van der Waals surface area contributed by atoms with Gasteiger partial charge in [0.25, 0.3) is 0 Å². The molecule has 1 aromatic carbocycles. The van der Waals surface area contributed by atoms with Crippen LogP contribution in [0.25, 0.3) is 11.2 Å². The van der Waals surface area contributed by atoms with Crippen LogP contribution in [0.4, 0.5) is 11.5 Å². The third-order valence-corrected chi connectivity index (χ3v) is 6.66. The first-order valence-corrected chi connectivity index (χ1v) is 10.8. The monoisotopic (exact) mass is 444 g/mol. The number of hydrogen-bond donors (Lipinski definition) is 4. The minimum atomic E-state index is -0.984. The lowest BCUT2D eigenvalue weighted by Gasteiger charge is -2.20. The van der Waals surface area contributed by atoms with Crippen LogP contribution in [0.5, 0.6) is 0 Å². The van der Waals surface area contributed by atoms with Crippen LogP contribution in [0.15, 0.2) is 36.9 Å². The fourth-order valence-corrected chi connectivity index (χ4v) is 4.92. The summed E-state index contributed by atoms with van der Waals surface area (Å²) in [5.41, 5.74) is 2.32. The molecular weight excluding hydrogens is 420 g/mol. The van der Waals surface area contributed by atoms with E-state index in [1.165, 1.54) is 6.33 Å². The predicted octanol–water partition coefficient (Wildman–Crippen LogP) is 1.45. The van der Waals surface area contributed by atoms with Crippen LogP contribution in [0.2, 0.25) is 5.02 Å². The molecule has 3 aromatic rings. The quantitative estimate of drug-likeness (QED) is 0.466. The molecule has 0 spiro atoms. The molecule has 164 valence electrons. The van der Waals surface area contributed by atoms with E-state index in [1.807, 2.05) is 18.2 Å². The fourth-order valence-electron chi connectivity index (χ4n) is 4.74. The number of benzene rings is 1. The van der Waals surface area contributed by atoms with Gasteiger partial charge in [-0.2, -0.15) is 0 Å². The summed E-state index contributed by atoms with van der Waals surface area (Å²) in [6.45, 7) is 1.56. The van der Waals surface area contributed by atoms with E-state index >= 15 is 0 Å². The number of nitrogens with one attached hydrogen (secondary N) is 1. The van der Waals surface area contributed by atoms with Gasteiger partial charge in [0.2, 0.25) is 0 Å². The zero-order valence-corrected chi connectivity index (χ0v) is 17.6. The Morgan fingerprint density at radius 3 is 2.81 bits per heavy atom. The van der Waals surface area contributed by atoms with Crippen LogP contribution < -0.4 is 10.2 Å². The second-order valence-electron chi connectivity index (χ2n) is 8.33. The van der Waals surface area contributed by atoms with Crippen molar-refractivity contribution < 1.29 is 15.3 Å². The Morgan fingerprint density at radius 2 is 2.03 bits per heavy atom. The molecule has 3 heterocycles. The first-order chi connectivity index (χ1) is 15.0. The number of imidazole rings is 1. The number of hydrogen-bond acceptors (Lipinski definition) is 8. The Morgan fingerprint density at radius 1 is 1.16 bits per heavy atom. The molecule has 1 saturated carbocycles. The maximum atomic E-state index is 10.5. The number of fused-ring (bicyclic) bond motifs is 1. The van der Waals surface area contributed by atoms with Gasteiger partial charge in [-0.15, -0.1) is 0 Å². The van der Waals surface area contributed by atoms with Crippen molar-refractivity contribution in [1.82, 2.24) is 19.5 Å². The smallest absolute Gasteiger partial charge is 0.165 e. The van der Waals surface area contributed by atoms with Crippen LogP contribution in [0.3, 0.4) is 0 Å². The van der Waals surface area contributed by atoms with E-state index in [0.29, 0.717) is 23.4 Å². The van der Waals surface area contributed by atoms with E-state index in [4.69, 9.17) is 11.6 Å². The lowest BCUT2D eigenvalue weighted by atomic mass is 10.1. The van der Waals surface area contributed by atoms with E-state index in [0.717, 1.165) is 30.2 Å². The minimum Gasteiger partial charge on any atom is -0.396 e. The van der Waals surface area contributed by atoms with Crippen molar-refractivity contribution >= 4 is 34.3 Å². The molecule has 31 heavy (non-hydrogen) atoms. The highest BCUT2D eigenvalue weighted by molar-refractivity contribution is 6.30. The van der Waals surface area contributed by atoms with Gasteiger partial charge in [-0.25, -0.2) is 15.0 Å². The lowest BCUT2D eigenvalue weighted by Crippen LogP contribution is -2.30. The Labute approximate surface area is 184 Å². The van der Waals surface area contributed by atoms with Crippen LogP contribution in [-0.2, 0) is 0 Å². The summed E-state index contributed by atoms with van der Waals surface area (Å²) in [6.07, 6.45) is 2.55. The summed E-state index contributed by atoms with van der Waals surface area (Å²) >= 11 is 6.13. The molecule has 1 saturated heterocycles. The molecule has 0 amide bonds. The minimum absolute atomic E-state index is 0.173. The summed E-state index contributed by atoms with van der Waals surface area (Å²) < 4.78 is 1.78. The fraction of sp³-hybridized carbons (Fsp3) is 0.476. The van der Waals surface area contributed by atoms with Crippen molar-refractivity contribution in [2.75, 3.05) is 29.9 Å². The first-order valence-electron chi connectivity index (χ1n) is 10.5. The normalized spacial score (nSPS) is 28.5. The van der Waals surface area contributed by atoms with Crippen molar-refractivity contribution in [3.8, 4) is 0 Å². The summed E-state index contributed by atoms with van der Waals surface area (Å²) in [6, 6.07) is 7.64. The van der Waals surface area contributed by atoms with Gasteiger partial charge in [-0.1, -0.05) is 17.7 Å². The van der Waals surface area contributed by atoms with Gasteiger partial charge in [0, 0.05) is 42.4 Å². The maximum Gasteiger partial charge on any atom is 0.165 e. The highest BCUT2D eigenvalue weighted by atomic mass is 35.5. The number of anilines is 2. The second-order valence-corrected chi connectivity index (χ2v) is 8.77. The Kier molecular flexibility index (Phi) is 5.43. The van der Waals surface area contributed by atoms with Crippen LogP contribution in [-0.4, -0.2) is 72.8 Å². The molecule has 0 radical (unpaired) electrons. The number of rotatable bonds is 5. The van der Waals surface area contributed by atoms with Crippen molar-refractivity contribution in [1.29, 1.82) is 0 Å². The largest absolute Gasteiger partial charge is 0.396 e. The second kappa shape index (κ2) is 8.23. The van der Waals surface area contributed by atoms with Gasteiger partial charge in [0.05, 0.1) is 18.5 Å². The summed E-state index contributed by atoms with van der Waals surface area (Å²) in [7, 11) is 0. The van der Waals surface area contributed by atoms with E-state index in [1.54, 1.807) is 10.9 Å². The molecule has 0 bridgehead atoms. The molecule has 5 rings (SSSR count). The van der Waals surface area contributed by atoms with Gasteiger partial charge in [0.1, 0.15) is 17.9 Å². The third kappa shape index (κ3) is 3.71. The molecule has 2 aromatic heterocycles. The van der Waals surface area contributed by atoms with Gasteiger partial charge in [0.15, 0.2) is 11.5 Å². The predicted molar refractivity (Wildman–Crippen MR) is 117 cm³/mol. The summed E-state index contributed by atoms with van der Waals surface area (Å²) in [5.74, 6) is 0.279. The van der Waals surface area contributed by atoms with Crippen LogP contribution in [0.1, 0.15) is 18.9 Å². The third-order valence-electron chi connectivity index (χ3n) is 6.42. The molecule has 2 aliphatic rings. The topological polar surface area (TPSA) is 120 Å². The molecule has 4 unspecified atom stereocenters. The average Bonchev–Trinajstić information content (AvgIpc) is 3.47. The Hall–Kier alpha value is -2.46. The molecule has 10 heteroatoms. The first kappa shape index (κ1) is 20.4. The Bertz CT molecular complexity index is 1080. The summed E-state index contributed by atoms with van der Waals surface area (Å²) in [4.78, 5) is 15.5. The van der Waals surface area contributed by atoms with Crippen molar-refractivity contribution in [3.63, 3.8) is 0 Å².